The van der Waals surface area contributed by atoms with Crippen molar-refractivity contribution < 1.29 is 19.2 Å². The van der Waals surface area contributed by atoms with Crippen LogP contribution in [-0.4, -0.2) is 45.2 Å². The number of rotatable bonds is 10. The van der Waals surface area contributed by atoms with Crippen LogP contribution >= 0.6 is 23.4 Å². The van der Waals surface area contributed by atoms with Crippen LogP contribution in [0.4, 0.5) is 0 Å². The van der Waals surface area contributed by atoms with Crippen LogP contribution in [0.5, 0.6) is 0 Å². The Kier molecular flexibility index (Phi) is 7.75. The van der Waals surface area contributed by atoms with E-state index in [1.165, 1.54) is 11.8 Å². The molecule has 0 fully saturated rings. The van der Waals surface area contributed by atoms with E-state index < -0.39 is 5.97 Å². The summed E-state index contributed by atoms with van der Waals surface area (Å²) in [5.74, 6) is 0.665. The van der Waals surface area contributed by atoms with Crippen LogP contribution < -0.4 is 5.32 Å². The second kappa shape index (κ2) is 10.0. The Labute approximate surface area is 154 Å². The standard InChI is InChI=1S/C16H18ClN3O4S/c17-12-6-4-11(5-7-12)16-19-14(24-20-16)3-1-2-13(21)18-8-9-25-10-15(22)23/h4-7H,1-3,8-10H2,(H,18,21)(H,22,23). The molecule has 0 spiro atoms. The zero-order valence-corrected chi connectivity index (χ0v) is 15.0. The lowest BCUT2D eigenvalue weighted by Gasteiger charge is -2.03. The molecule has 0 atom stereocenters. The van der Waals surface area contributed by atoms with Crippen molar-refractivity contribution in [3.05, 3.63) is 35.2 Å². The number of aliphatic carboxylic acids is 1. The van der Waals surface area contributed by atoms with Crippen molar-refractivity contribution in [2.75, 3.05) is 18.1 Å². The van der Waals surface area contributed by atoms with Gasteiger partial charge in [-0.1, -0.05) is 16.8 Å². The van der Waals surface area contributed by atoms with Gasteiger partial charge in [-0.2, -0.15) is 4.98 Å². The van der Waals surface area contributed by atoms with Crippen molar-refractivity contribution in [1.82, 2.24) is 15.5 Å². The summed E-state index contributed by atoms with van der Waals surface area (Å²) in [6.07, 6.45) is 1.46. The van der Waals surface area contributed by atoms with E-state index in [0.29, 0.717) is 48.3 Å². The molecule has 2 aromatic rings. The highest BCUT2D eigenvalue weighted by Gasteiger charge is 2.09. The first-order valence-corrected chi connectivity index (χ1v) is 9.22. The normalized spacial score (nSPS) is 10.6. The zero-order chi connectivity index (χ0) is 18.1. The number of nitrogens with zero attached hydrogens (tertiary/aromatic N) is 2. The van der Waals surface area contributed by atoms with E-state index in [1.54, 1.807) is 12.1 Å². The third-order valence-corrected chi connectivity index (χ3v) is 4.35. The van der Waals surface area contributed by atoms with Crippen LogP contribution in [0.2, 0.25) is 5.02 Å². The third-order valence-electron chi connectivity index (χ3n) is 3.16. The lowest BCUT2D eigenvalue weighted by Crippen LogP contribution is -2.25. The van der Waals surface area contributed by atoms with Crippen molar-refractivity contribution in [1.29, 1.82) is 0 Å². The molecule has 1 heterocycles. The Morgan fingerprint density at radius 2 is 2.04 bits per heavy atom. The number of carboxylic acid groups (broad SMARTS) is 1. The molecule has 0 aliphatic carbocycles. The summed E-state index contributed by atoms with van der Waals surface area (Å²) in [6.45, 7) is 0.456. The minimum atomic E-state index is -0.853. The Morgan fingerprint density at radius 3 is 2.76 bits per heavy atom. The Hall–Kier alpha value is -2.06. The Balaban J connectivity index is 1.65. The van der Waals surface area contributed by atoms with Gasteiger partial charge in [0.1, 0.15) is 0 Å². The molecule has 25 heavy (non-hydrogen) atoms. The van der Waals surface area contributed by atoms with Crippen LogP contribution in [0.25, 0.3) is 11.4 Å². The fraction of sp³-hybridized carbons (Fsp3) is 0.375. The van der Waals surface area contributed by atoms with Crippen molar-refractivity contribution in [3.8, 4) is 11.4 Å². The summed E-state index contributed by atoms with van der Waals surface area (Å²) in [7, 11) is 0. The van der Waals surface area contributed by atoms with Crippen LogP contribution in [-0.2, 0) is 16.0 Å². The zero-order valence-electron chi connectivity index (χ0n) is 13.4. The monoisotopic (exact) mass is 383 g/mol. The topological polar surface area (TPSA) is 105 Å². The lowest BCUT2D eigenvalue weighted by atomic mass is 10.2. The molecular weight excluding hydrogens is 366 g/mol. The maximum Gasteiger partial charge on any atom is 0.313 e. The van der Waals surface area contributed by atoms with Gasteiger partial charge in [-0.3, -0.25) is 9.59 Å². The van der Waals surface area contributed by atoms with Gasteiger partial charge in [0.15, 0.2) is 0 Å². The van der Waals surface area contributed by atoms with Crippen LogP contribution in [0.3, 0.4) is 0 Å². The van der Waals surface area contributed by atoms with Crippen molar-refractivity contribution in [3.63, 3.8) is 0 Å². The fourth-order valence-corrected chi connectivity index (χ4v) is 2.67. The number of halogens is 1. The molecule has 1 amide bonds. The SMILES string of the molecule is O=C(O)CSCCNC(=O)CCCc1nc(-c2ccc(Cl)cc2)no1. The molecule has 2 N–H and O–H groups in total. The number of thioether (sulfide) groups is 1. The van der Waals surface area contributed by atoms with Crippen LogP contribution in [0, 0.1) is 0 Å². The number of nitrogens with one attached hydrogen (secondary N) is 1. The summed E-state index contributed by atoms with van der Waals surface area (Å²) in [5, 5.41) is 15.8. The molecule has 134 valence electrons. The molecule has 1 aromatic heterocycles. The van der Waals surface area contributed by atoms with E-state index in [4.69, 9.17) is 21.2 Å². The first-order valence-electron chi connectivity index (χ1n) is 7.69. The summed E-state index contributed by atoms with van der Waals surface area (Å²) >= 11 is 7.11. The third kappa shape index (κ3) is 7.15. The van der Waals surface area contributed by atoms with E-state index >= 15 is 0 Å². The van der Waals surface area contributed by atoms with Gasteiger partial charge in [0, 0.05) is 35.7 Å². The van der Waals surface area contributed by atoms with E-state index in [1.807, 2.05) is 12.1 Å². The largest absolute Gasteiger partial charge is 0.481 e. The molecule has 2 rings (SSSR count). The van der Waals surface area contributed by atoms with Gasteiger partial charge >= 0.3 is 5.97 Å². The van der Waals surface area contributed by atoms with E-state index in [-0.39, 0.29) is 11.7 Å². The highest BCUT2D eigenvalue weighted by molar-refractivity contribution is 7.99. The molecule has 0 saturated heterocycles. The minimum Gasteiger partial charge on any atom is -0.481 e. The molecule has 0 aliphatic rings. The molecule has 9 heteroatoms. The molecule has 0 bridgehead atoms. The maximum atomic E-state index is 11.7. The molecule has 7 nitrogen and oxygen atoms in total. The van der Waals surface area contributed by atoms with E-state index in [0.717, 1.165) is 5.56 Å². The van der Waals surface area contributed by atoms with Gasteiger partial charge in [-0.05, 0) is 30.7 Å². The highest BCUT2D eigenvalue weighted by atomic mass is 35.5. The summed E-state index contributed by atoms with van der Waals surface area (Å²) in [5.41, 5.74) is 0.816. The first kappa shape index (κ1) is 19.3. The second-order valence-electron chi connectivity index (χ2n) is 5.17. The van der Waals surface area contributed by atoms with Gasteiger partial charge in [0.05, 0.1) is 5.75 Å². The van der Waals surface area contributed by atoms with Crippen LogP contribution in [0.15, 0.2) is 28.8 Å². The maximum absolute atomic E-state index is 11.7. The lowest BCUT2D eigenvalue weighted by molar-refractivity contribution is -0.133. The predicted octanol–water partition coefficient (Wildman–Crippen LogP) is 2.65. The number of carbonyl (C=O) groups is 2. The van der Waals surface area contributed by atoms with Gasteiger partial charge in [0.2, 0.25) is 17.6 Å². The van der Waals surface area contributed by atoms with Crippen molar-refractivity contribution >= 4 is 35.2 Å². The van der Waals surface area contributed by atoms with Crippen LogP contribution in [0.1, 0.15) is 18.7 Å². The Bertz CT molecular complexity index is 706. The second-order valence-corrected chi connectivity index (χ2v) is 6.71. The molecule has 0 aliphatic heterocycles. The number of aryl methyl sites for hydroxylation is 1. The highest BCUT2D eigenvalue weighted by Crippen LogP contribution is 2.19. The van der Waals surface area contributed by atoms with E-state index in [2.05, 4.69) is 15.5 Å². The van der Waals surface area contributed by atoms with E-state index in [9.17, 15) is 9.59 Å². The average molecular weight is 384 g/mol. The fourth-order valence-electron chi connectivity index (χ4n) is 1.98. The van der Waals surface area contributed by atoms with Crippen molar-refractivity contribution in [2.45, 2.75) is 19.3 Å². The minimum absolute atomic E-state index is 0.0446. The summed E-state index contributed by atoms with van der Waals surface area (Å²) in [6, 6.07) is 7.14. The Morgan fingerprint density at radius 1 is 1.28 bits per heavy atom. The molecule has 1 aromatic carbocycles. The number of hydrogen-bond donors (Lipinski definition) is 2. The van der Waals surface area contributed by atoms with Gasteiger partial charge in [-0.25, -0.2) is 0 Å². The number of hydrogen-bond acceptors (Lipinski definition) is 6. The average Bonchev–Trinajstić information content (AvgIpc) is 3.04. The predicted molar refractivity (Wildman–Crippen MR) is 95.7 cm³/mol. The number of benzene rings is 1. The summed E-state index contributed by atoms with van der Waals surface area (Å²) in [4.78, 5) is 26.3. The van der Waals surface area contributed by atoms with Gasteiger partial charge in [0.25, 0.3) is 0 Å². The molecule has 0 unspecified atom stereocenters. The quantitative estimate of drug-likeness (QED) is 0.607. The van der Waals surface area contributed by atoms with Crippen molar-refractivity contribution in [2.24, 2.45) is 0 Å². The number of carbonyl (C=O) groups excluding carboxylic acids is 1. The number of amides is 1. The summed E-state index contributed by atoms with van der Waals surface area (Å²) < 4.78 is 5.18. The first-order chi connectivity index (χ1) is 12.0. The smallest absolute Gasteiger partial charge is 0.313 e. The molecule has 0 radical (unpaired) electrons. The van der Waals surface area contributed by atoms with Gasteiger partial charge in [-0.15, -0.1) is 11.8 Å². The number of aromatic nitrogens is 2. The molecular formula is C16H18ClN3O4S. The molecule has 0 saturated carbocycles. The van der Waals surface area contributed by atoms with Gasteiger partial charge < -0.3 is 14.9 Å². The number of carboxylic acids is 1.